The number of anilines is 1. The van der Waals surface area contributed by atoms with Crippen LogP contribution in [0.1, 0.15) is 0 Å². The number of nitrogens with one attached hydrogen (secondary N) is 1. The zero-order valence-electron chi connectivity index (χ0n) is 12.2. The minimum absolute atomic E-state index is 0.0221. The van der Waals surface area contributed by atoms with E-state index >= 15 is 0 Å². The number of imide groups is 1. The number of nitrogens with zero attached hydrogens (tertiary/aromatic N) is 4. The number of likely N-dealkylation sites (N-methyl/N-ethyl adjacent to an activating group) is 1. The fourth-order valence-electron chi connectivity index (χ4n) is 2.27. The molecule has 0 spiro atoms. The third-order valence-electron chi connectivity index (χ3n) is 3.42. The molecule has 1 N–H and O–H groups in total. The van der Waals surface area contributed by atoms with Gasteiger partial charge in [0.15, 0.2) is 0 Å². The molecule has 0 bridgehead atoms. The molecule has 1 saturated heterocycles. The second-order valence-electron chi connectivity index (χ2n) is 5.07. The minimum atomic E-state index is -0.642. The highest BCUT2D eigenvalue weighted by Crippen LogP contribution is 2.08. The Bertz CT molecular complexity index is 875. The van der Waals surface area contributed by atoms with Crippen LogP contribution in [-0.4, -0.2) is 57.2 Å². The fourth-order valence-corrected chi connectivity index (χ4v) is 2.27. The summed E-state index contributed by atoms with van der Waals surface area (Å²) in [6.07, 6.45) is 2.78. The predicted octanol–water partition coefficient (Wildman–Crippen LogP) is -0.473. The lowest BCUT2D eigenvalue weighted by Crippen LogP contribution is -2.39. The summed E-state index contributed by atoms with van der Waals surface area (Å²) in [5.74, 6) is -1.10. The van der Waals surface area contributed by atoms with E-state index in [4.69, 9.17) is 0 Å². The van der Waals surface area contributed by atoms with Gasteiger partial charge in [-0.2, -0.15) is 0 Å². The predicted molar refractivity (Wildman–Crippen MR) is 79.8 cm³/mol. The third kappa shape index (κ3) is 2.63. The fraction of sp³-hybridized carbons (Fsp3) is 0.214. The topological polar surface area (TPSA) is 104 Å². The van der Waals surface area contributed by atoms with Crippen LogP contribution in [0.5, 0.6) is 0 Å². The lowest BCUT2D eigenvalue weighted by Gasteiger charge is -2.13. The molecule has 0 saturated carbocycles. The van der Waals surface area contributed by atoms with E-state index < -0.39 is 29.9 Å². The molecule has 1 aliphatic heterocycles. The second-order valence-corrected chi connectivity index (χ2v) is 5.07. The maximum absolute atomic E-state index is 12.2. The Balaban J connectivity index is 1.78. The van der Waals surface area contributed by atoms with Gasteiger partial charge in [0.25, 0.3) is 11.5 Å². The van der Waals surface area contributed by atoms with Crippen LogP contribution in [0.15, 0.2) is 35.4 Å². The largest absolute Gasteiger partial charge is 0.327 e. The highest BCUT2D eigenvalue weighted by molar-refractivity contribution is 6.06. The van der Waals surface area contributed by atoms with E-state index in [1.807, 2.05) is 0 Å². The zero-order chi connectivity index (χ0) is 16.6. The van der Waals surface area contributed by atoms with Crippen molar-refractivity contribution in [2.24, 2.45) is 0 Å². The molecule has 23 heavy (non-hydrogen) atoms. The van der Waals surface area contributed by atoms with Gasteiger partial charge >= 0.3 is 6.03 Å². The molecule has 0 aliphatic carbocycles. The van der Waals surface area contributed by atoms with E-state index in [1.165, 1.54) is 28.7 Å². The lowest BCUT2D eigenvalue weighted by atomic mass is 10.4. The molecular weight excluding hydrogens is 302 g/mol. The normalized spacial score (nSPS) is 14.7. The van der Waals surface area contributed by atoms with Gasteiger partial charge in [0.05, 0.1) is 6.20 Å². The minimum Gasteiger partial charge on any atom is -0.319 e. The van der Waals surface area contributed by atoms with E-state index in [1.54, 1.807) is 18.2 Å². The van der Waals surface area contributed by atoms with E-state index in [0.29, 0.717) is 5.65 Å². The van der Waals surface area contributed by atoms with Gasteiger partial charge in [-0.25, -0.2) is 9.78 Å². The van der Waals surface area contributed by atoms with Gasteiger partial charge in [-0.3, -0.25) is 23.7 Å². The molecule has 2 aromatic heterocycles. The first-order valence-electron chi connectivity index (χ1n) is 6.79. The van der Waals surface area contributed by atoms with E-state index in [0.717, 1.165) is 4.90 Å². The number of urea groups is 1. The first-order chi connectivity index (χ1) is 11.0. The van der Waals surface area contributed by atoms with Crippen LogP contribution >= 0.6 is 0 Å². The molecule has 1 aliphatic rings. The summed E-state index contributed by atoms with van der Waals surface area (Å²) in [7, 11) is 1.47. The average molecular weight is 315 g/mol. The monoisotopic (exact) mass is 315 g/mol. The van der Waals surface area contributed by atoms with Crippen LogP contribution < -0.4 is 10.9 Å². The van der Waals surface area contributed by atoms with Gasteiger partial charge in [-0.15, -0.1) is 0 Å². The molecule has 0 atom stereocenters. The SMILES string of the molecule is CN1CC(=O)N(CC(=O)Nc2cnc3ccccn3c2=O)C1=O. The number of carbonyl (C=O) groups is 3. The van der Waals surface area contributed by atoms with E-state index in [9.17, 15) is 19.2 Å². The summed E-state index contributed by atoms with van der Waals surface area (Å²) < 4.78 is 1.29. The van der Waals surface area contributed by atoms with Crippen LogP contribution in [0.4, 0.5) is 10.5 Å². The van der Waals surface area contributed by atoms with Gasteiger partial charge in [0, 0.05) is 13.2 Å². The van der Waals surface area contributed by atoms with Crippen molar-refractivity contribution in [2.45, 2.75) is 0 Å². The molecule has 4 amide bonds. The van der Waals surface area contributed by atoms with Gasteiger partial charge in [0.1, 0.15) is 24.4 Å². The maximum Gasteiger partial charge on any atom is 0.327 e. The Morgan fingerprint density at radius 3 is 2.78 bits per heavy atom. The molecule has 9 heteroatoms. The summed E-state index contributed by atoms with van der Waals surface area (Å²) in [4.78, 5) is 53.7. The lowest BCUT2D eigenvalue weighted by molar-refractivity contribution is -0.129. The smallest absolute Gasteiger partial charge is 0.319 e. The second kappa shape index (κ2) is 5.52. The Kier molecular flexibility index (Phi) is 3.53. The van der Waals surface area contributed by atoms with E-state index in [2.05, 4.69) is 10.3 Å². The number of hydrogen-bond donors (Lipinski definition) is 1. The van der Waals surface area contributed by atoms with Crippen LogP contribution in [0.3, 0.4) is 0 Å². The number of hydrogen-bond acceptors (Lipinski definition) is 5. The quantitative estimate of drug-likeness (QED) is 0.771. The van der Waals surface area contributed by atoms with Crippen molar-refractivity contribution in [3.05, 3.63) is 40.9 Å². The molecular formula is C14H13N5O4. The molecule has 3 heterocycles. The van der Waals surface area contributed by atoms with Crippen molar-refractivity contribution in [3.63, 3.8) is 0 Å². The Morgan fingerprint density at radius 1 is 1.30 bits per heavy atom. The highest BCUT2D eigenvalue weighted by atomic mass is 16.2. The van der Waals surface area contributed by atoms with Crippen LogP contribution in [-0.2, 0) is 9.59 Å². The highest BCUT2D eigenvalue weighted by Gasteiger charge is 2.34. The van der Waals surface area contributed by atoms with Gasteiger partial charge in [0.2, 0.25) is 5.91 Å². The molecule has 0 aromatic carbocycles. The molecule has 2 aromatic rings. The van der Waals surface area contributed by atoms with Crippen LogP contribution in [0.25, 0.3) is 5.65 Å². The molecule has 9 nitrogen and oxygen atoms in total. The molecule has 1 fully saturated rings. The average Bonchev–Trinajstić information content (AvgIpc) is 2.77. The Morgan fingerprint density at radius 2 is 2.09 bits per heavy atom. The summed E-state index contributed by atoms with van der Waals surface area (Å²) in [5, 5.41) is 2.39. The van der Waals surface area contributed by atoms with Crippen molar-refractivity contribution in [2.75, 3.05) is 25.5 Å². The summed E-state index contributed by atoms with van der Waals surface area (Å²) in [6.45, 7) is -0.509. The molecule has 3 rings (SSSR count). The number of amides is 4. The molecule has 0 radical (unpaired) electrons. The molecule has 118 valence electrons. The van der Waals surface area contributed by atoms with Crippen molar-refractivity contribution >= 4 is 29.2 Å². The number of carbonyl (C=O) groups excluding carboxylic acids is 3. The standard InChI is InChI=1S/C14H13N5O4/c1-17-8-12(21)19(14(17)23)7-11(20)16-9-6-15-10-4-2-3-5-18(10)13(9)22/h2-6H,7-8H2,1H3,(H,16,20). The number of rotatable bonds is 3. The van der Waals surface area contributed by atoms with Crippen molar-refractivity contribution in [1.29, 1.82) is 0 Å². The third-order valence-corrected chi connectivity index (χ3v) is 3.42. The summed E-state index contributed by atoms with van der Waals surface area (Å²) in [5.41, 5.74) is -0.0201. The van der Waals surface area contributed by atoms with Gasteiger partial charge in [-0.1, -0.05) is 6.07 Å². The van der Waals surface area contributed by atoms with Crippen LogP contribution in [0, 0.1) is 0 Å². The zero-order valence-corrected chi connectivity index (χ0v) is 12.2. The number of fused-ring (bicyclic) bond motifs is 1. The van der Waals surface area contributed by atoms with Crippen molar-refractivity contribution < 1.29 is 14.4 Å². The van der Waals surface area contributed by atoms with Crippen LogP contribution in [0.2, 0.25) is 0 Å². The Labute approximate surface area is 130 Å². The number of pyridine rings is 1. The van der Waals surface area contributed by atoms with E-state index in [-0.39, 0.29) is 12.2 Å². The first kappa shape index (κ1) is 14.7. The maximum atomic E-state index is 12.2. The van der Waals surface area contributed by atoms with Gasteiger partial charge < -0.3 is 10.2 Å². The Hall–Kier alpha value is -3.23. The molecule has 0 unspecified atom stereocenters. The first-order valence-corrected chi connectivity index (χ1v) is 6.79. The number of aromatic nitrogens is 2. The summed E-state index contributed by atoms with van der Waals surface area (Å²) >= 11 is 0. The van der Waals surface area contributed by atoms with Crippen molar-refractivity contribution in [3.8, 4) is 0 Å². The van der Waals surface area contributed by atoms with Crippen molar-refractivity contribution in [1.82, 2.24) is 19.2 Å². The van der Waals surface area contributed by atoms with Gasteiger partial charge in [-0.05, 0) is 12.1 Å². The summed E-state index contributed by atoms with van der Waals surface area (Å²) in [6, 6.07) is 4.52.